The predicted octanol–water partition coefficient (Wildman–Crippen LogP) is 3.25. The fraction of sp³-hybridized carbons (Fsp3) is 0.421. The van der Waals surface area contributed by atoms with Crippen LogP contribution in [0.3, 0.4) is 0 Å². The Kier molecular flexibility index (Phi) is 6.50. The van der Waals surface area contributed by atoms with Crippen molar-refractivity contribution in [2.75, 3.05) is 7.11 Å². The van der Waals surface area contributed by atoms with E-state index < -0.39 is 23.7 Å². The molecule has 0 radical (unpaired) electrons. The lowest BCUT2D eigenvalue weighted by atomic mass is 10.0. The van der Waals surface area contributed by atoms with E-state index in [-0.39, 0.29) is 12.3 Å². The molecule has 1 atom stereocenters. The number of carbonyl (C=O) groups is 3. The highest BCUT2D eigenvalue weighted by atomic mass is 127. The molecule has 1 amide bonds. The van der Waals surface area contributed by atoms with Crippen molar-refractivity contribution < 1.29 is 23.9 Å². The maximum atomic E-state index is 12.7. The number of nitrogens with one attached hydrogen (secondary N) is 1. The van der Waals surface area contributed by atoms with E-state index in [1.54, 1.807) is 20.8 Å². The van der Waals surface area contributed by atoms with Crippen LogP contribution in [0.15, 0.2) is 24.3 Å². The standard InChI is InChI=1S/C19H23IN2O5/c1-11(23)21-14(17(24)26-5)10-13-12-8-6-7-9-15(12)22(16(13)20)18(25)27-19(2,3)4/h6-9,14H,10H2,1-5H3,(H,21,23)/t14-/m0/s1. The topological polar surface area (TPSA) is 86.6 Å². The minimum Gasteiger partial charge on any atom is -0.467 e. The largest absolute Gasteiger partial charge is 0.467 e. The Morgan fingerprint density at radius 2 is 1.85 bits per heavy atom. The quantitative estimate of drug-likeness (QED) is 0.530. The third-order valence-corrected chi connectivity index (χ3v) is 4.90. The van der Waals surface area contributed by atoms with E-state index >= 15 is 0 Å². The number of para-hydroxylation sites is 1. The van der Waals surface area contributed by atoms with Gasteiger partial charge in [-0.15, -0.1) is 0 Å². The fourth-order valence-corrected chi connectivity index (χ4v) is 3.71. The van der Waals surface area contributed by atoms with E-state index in [0.29, 0.717) is 9.22 Å². The van der Waals surface area contributed by atoms with Gasteiger partial charge in [0.05, 0.1) is 16.3 Å². The van der Waals surface area contributed by atoms with Crippen LogP contribution in [0.2, 0.25) is 0 Å². The summed E-state index contributed by atoms with van der Waals surface area (Å²) in [6, 6.07) is 6.52. The lowest BCUT2D eigenvalue weighted by Crippen LogP contribution is -2.42. The number of hydrogen-bond donors (Lipinski definition) is 1. The van der Waals surface area contributed by atoms with Gasteiger partial charge < -0.3 is 14.8 Å². The van der Waals surface area contributed by atoms with E-state index in [1.165, 1.54) is 18.6 Å². The number of halogens is 1. The first-order valence-electron chi connectivity index (χ1n) is 8.41. The van der Waals surface area contributed by atoms with Crippen LogP contribution in [0.5, 0.6) is 0 Å². The number of rotatable bonds is 4. The number of nitrogens with zero attached hydrogens (tertiary/aromatic N) is 1. The summed E-state index contributed by atoms with van der Waals surface area (Å²) >= 11 is 2.06. The Labute approximate surface area is 171 Å². The molecular formula is C19H23IN2O5. The molecule has 1 aromatic heterocycles. The van der Waals surface area contributed by atoms with Crippen LogP contribution in [0, 0.1) is 3.70 Å². The first-order chi connectivity index (χ1) is 12.5. The summed E-state index contributed by atoms with van der Waals surface area (Å²) in [5.74, 6) is -0.883. The number of aromatic nitrogens is 1. The third-order valence-electron chi connectivity index (χ3n) is 3.76. The van der Waals surface area contributed by atoms with Crippen LogP contribution in [0.4, 0.5) is 4.79 Å². The molecule has 27 heavy (non-hydrogen) atoms. The van der Waals surface area contributed by atoms with E-state index in [4.69, 9.17) is 9.47 Å². The number of esters is 1. The van der Waals surface area contributed by atoms with Crippen molar-refractivity contribution in [3.05, 3.63) is 33.5 Å². The van der Waals surface area contributed by atoms with Gasteiger partial charge in [0, 0.05) is 18.7 Å². The molecule has 0 aliphatic heterocycles. The summed E-state index contributed by atoms with van der Waals surface area (Å²) in [5, 5.41) is 3.42. The number of methoxy groups -OCH3 is 1. The molecule has 0 bridgehead atoms. The summed E-state index contributed by atoms with van der Waals surface area (Å²) in [7, 11) is 1.27. The molecule has 7 nitrogen and oxygen atoms in total. The predicted molar refractivity (Wildman–Crippen MR) is 110 cm³/mol. The van der Waals surface area contributed by atoms with Crippen LogP contribution in [0.25, 0.3) is 10.9 Å². The van der Waals surface area contributed by atoms with Gasteiger partial charge in [-0.05, 0) is 55.0 Å². The SMILES string of the molecule is COC(=O)[C@H](Cc1c(I)n(C(=O)OC(C)(C)C)c2ccccc12)NC(C)=O. The number of benzene rings is 1. The number of ether oxygens (including phenoxy) is 2. The van der Waals surface area contributed by atoms with E-state index in [0.717, 1.165) is 10.9 Å². The number of fused-ring (bicyclic) bond motifs is 1. The molecule has 0 saturated heterocycles. The van der Waals surface area contributed by atoms with Gasteiger partial charge in [-0.3, -0.25) is 4.79 Å². The molecule has 0 saturated carbocycles. The lowest BCUT2D eigenvalue weighted by molar-refractivity contribution is -0.144. The third kappa shape index (κ3) is 5.00. The van der Waals surface area contributed by atoms with Crippen LogP contribution in [-0.4, -0.2) is 41.3 Å². The van der Waals surface area contributed by atoms with Gasteiger partial charge in [-0.25, -0.2) is 14.2 Å². The number of amides is 1. The van der Waals surface area contributed by atoms with E-state index in [2.05, 4.69) is 27.9 Å². The van der Waals surface area contributed by atoms with Crippen LogP contribution in [-0.2, 0) is 25.5 Å². The molecule has 146 valence electrons. The molecule has 0 spiro atoms. The Morgan fingerprint density at radius 3 is 2.41 bits per heavy atom. The number of carbonyl (C=O) groups excluding carboxylic acids is 3. The fourth-order valence-electron chi connectivity index (χ4n) is 2.74. The van der Waals surface area contributed by atoms with Crippen molar-refractivity contribution in [2.24, 2.45) is 0 Å². The zero-order valence-corrected chi connectivity index (χ0v) is 18.1. The molecule has 0 aliphatic carbocycles. The normalized spacial score (nSPS) is 12.5. The summed E-state index contributed by atoms with van der Waals surface area (Å²) in [6.07, 6.45) is -0.301. The Bertz CT molecular complexity index is 882. The zero-order valence-electron chi connectivity index (χ0n) is 16.0. The maximum Gasteiger partial charge on any atom is 0.419 e. The van der Waals surface area contributed by atoms with Crippen LogP contribution >= 0.6 is 22.6 Å². The summed E-state index contributed by atoms with van der Waals surface area (Å²) in [5.41, 5.74) is 0.801. The average Bonchev–Trinajstić information content (AvgIpc) is 2.83. The first kappa shape index (κ1) is 21.2. The van der Waals surface area contributed by atoms with Gasteiger partial charge in [-0.2, -0.15) is 0 Å². The van der Waals surface area contributed by atoms with Crippen molar-refractivity contribution >= 4 is 51.5 Å². The molecule has 2 rings (SSSR count). The summed E-state index contributed by atoms with van der Waals surface area (Å²) < 4.78 is 12.4. The van der Waals surface area contributed by atoms with Gasteiger partial charge in [0.1, 0.15) is 11.6 Å². The van der Waals surface area contributed by atoms with Gasteiger partial charge in [0.2, 0.25) is 5.91 Å². The molecule has 0 aliphatic rings. The minimum atomic E-state index is -0.848. The van der Waals surface area contributed by atoms with Crippen molar-refractivity contribution in [1.82, 2.24) is 9.88 Å². The van der Waals surface area contributed by atoms with E-state index in [9.17, 15) is 14.4 Å². The molecule has 1 N–H and O–H groups in total. The van der Waals surface area contributed by atoms with Gasteiger partial charge in [0.15, 0.2) is 0 Å². The molecule has 2 aromatic rings. The van der Waals surface area contributed by atoms with E-state index in [1.807, 2.05) is 24.3 Å². The lowest BCUT2D eigenvalue weighted by Gasteiger charge is -2.20. The van der Waals surface area contributed by atoms with Crippen molar-refractivity contribution in [3.8, 4) is 0 Å². The zero-order chi connectivity index (χ0) is 20.4. The Morgan fingerprint density at radius 1 is 1.22 bits per heavy atom. The summed E-state index contributed by atoms with van der Waals surface area (Å²) in [4.78, 5) is 36.3. The van der Waals surface area contributed by atoms with Crippen molar-refractivity contribution in [2.45, 2.75) is 45.8 Å². The molecular weight excluding hydrogens is 463 g/mol. The van der Waals surface area contributed by atoms with Gasteiger partial charge in [-0.1, -0.05) is 18.2 Å². The summed E-state index contributed by atoms with van der Waals surface area (Å²) in [6.45, 7) is 6.74. The second kappa shape index (κ2) is 8.28. The molecule has 1 heterocycles. The molecule has 0 unspecified atom stereocenters. The highest BCUT2D eigenvalue weighted by molar-refractivity contribution is 14.1. The first-order valence-corrected chi connectivity index (χ1v) is 9.49. The second-order valence-electron chi connectivity index (χ2n) is 7.08. The minimum absolute atomic E-state index is 0.195. The second-order valence-corrected chi connectivity index (χ2v) is 8.10. The Hall–Kier alpha value is -2.10. The van der Waals surface area contributed by atoms with Crippen molar-refractivity contribution in [3.63, 3.8) is 0 Å². The maximum absolute atomic E-state index is 12.7. The van der Waals surface area contributed by atoms with Crippen molar-refractivity contribution in [1.29, 1.82) is 0 Å². The highest BCUT2D eigenvalue weighted by Gasteiger charge is 2.28. The number of hydrogen-bond acceptors (Lipinski definition) is 5. The average molecular weight is 486 g/mol. The Balaban J connectivity index is 2.54. The molecule has 8 heteroatoms. The van der Waals surface area contributed by atoms with Gasteiger partial charge >= 0.3 is 12.1 Å². The smallest absolute Gasteiger partial charge is 0.419 e. The van der Waals surface area contributed by atoms with Crippen LogP contribution in [0.1, 0.15) is 33.3 Å². The monoisotopic (exact) mass is 486 g/mol. The molecule has 1 aromatic carbocycles. The van der Waals surface area contributed by atoms with Gasteiger partial charge in [0.25, 0.3) is 0 Å². The van der Waals surface area contributed by atoms with Crippen LogP contribution < -0.4 is 5.32 Å². The molecule has 0 fully saturated rings. The highest BCUT2D eigenvalue weighted by Crippen LogP contribution is 2.29.